The van der Waals surface area contributed by atoms with Gasteiger partial charge in [-0.1, -0.05) is 18.2 Å². The third kappa shape index (κ3) is 4.78. The summed E-state index contributed by atoms with van der Waals surface area (Å²) in [7, 11) is 0. The van der Waals surface area contributed by atoms with Gasteiger partial charge in [-0.05, 0) is 46.2 Å². The lowest BCUT2D eigenvalue weighted by molar-refractivity contribution is -0.123. The SMILES string of the molecule is Cc1nc2ccccc2c(C)c1C(=O)OCC(=O)NC(=O)NC(C)(C)C. The Hall–Kier alpha value is -2.96. The number of hydrogen-bond acceptors (Lipinski definition) is 5. The van der Waals surface area contributed by atoms with Gasteiger partial charge in [-0.3, -0.25) is 15.1 Å². The summed E-state index contributed by atoms with van der Waals surface area (Å²) in [6.45, 7) is 8.33. The molecule has 0 bridgehead atoms. The van der Waals surface area contributed by atoms with Gasteiger partial charge in [0.2, 0.25) is 0 Å². The van der Waals surface area contributed by atoms with Crippen LogP contribution < -0.4 is 10.6 Å². The normalized spacial score (nSPS) is 11.1. The molecule has 1 aromatic heterocycles. The summed E-state index contributed by atoms with van der Waals surface area (Å²) >= 11 is 0. The van der Waals surface area contributed by atoms with Crippen LogP contribution in [0, 0.1) is 13.8 Å². The highest BCUT2D eigenvalue weighted by molar-refractivity contribution is 6.00. The fourth-order valence-electron chi connectivity index (χ4n) is 2.57. The number of urea groups is 1. The summed E-state index contributed by atoms with van der Waals surface area (Å²) < 4.78 is 5.06. The first-order valence-corrected chi connectivity index (χ1v) is 8.23. The molecule has 0 aliphatic heterocycles. The van der Waals surface area contributed by atoms with E-state index in [2.05, 4.69) is 15.6 Å². The maximum absolute atomic E-state index is 12.4. The van der Waals surface area contributed by atoms with Crippen molar-refractivity contribution < 1.29 is 19.1 Å². The molecule has 3 amide bonds. The predicted octanol–water partition coefficient (Wildman–Crippen LogP) is 2.63. The zero-order valence-electron chi connectivity index (χ0n) is 15.6. The smallest absolute Gasteiger partial charge is 0.340 e. The predicted molar refractivity (Wildman–Crippen MR) is 97.9 cm³/mol. The van der Waals surface area contributed by atoms with E-state index in [1.54, 1.807) is 27.7 Å². The number of nitrogens with one attached hydrogen (secondary N) is 2. The number of para-hydroxylation sites is 1. The fourth-order valence-corrected chi connectivity index (χ4v) is 2.57. The summed E-state index contributed by atoms with van der Waals surface area (Å²) in [4.78, 5) is 40.3. The van der Waals surface area contributed by atoms with Crippen molar-refractivity contribution in [1.82, 2.24) is 15.6 Å². The number of amides is 3. The van der Waals surface area contributed by atoms with Crippen molar-refractivity contribution in [2.75, 3.05) is 6.61 Å². The van der Waals surface area contributed by atoms with Crippen LogP contribution in [0.2, 0.25) is 0 Å². The maximum atomic E-state index is 12.4. The number of esters is 1. The van der Waals surface area contributed by atoms with Crippen molar-refractivity contribution in [2.45, 2.75) is 40.2 Å². The molecule has 2 aromatic rings. The van der Waals surface area contributed by atoms with Crippen molar-refractivity contribution in [3.8, 4) is 0 Å². The minimum Gasteiger partial charge on any atom is -0.452 e. The van der Waals surface area contributed by atoms with Gasteiger partial charge in [-0.25, -0.2) is 9.59 Å². The second-order valence-corrected chi connectivity index (χ2v) is 7.04. The van der Waals surface area contributed by atoms with Gasteiger partial charge in [0.15, 0.2) is 6.61 Å². The number of nitrogens with zero attached hydrogens (tertiary/aromatic N) is 1. The van der Waals surface area contributed by atoms with E-state index in [4.69, 9.17) is 4.74 Å². The molecule has 0 saturated heterocycles. The lowest BCUT2D eigenvalue weighted by Gasteiger charge is -2.20. The minimum atomic E-state index is -0.704. The third-order valence-corrected chi connectivity index (χ3v) is 3.61. The van der Waals surface area contributed by atoms with E-state index in [1.807, 2.05) is 31.2 Å². The number of aryl methyl sites for hydroxylation is 2. The first-order chi connectivity index (χ1) is 12.1. The van der Waals surface area contributed by atoms with Crippen molar-refractivity contribution in [2.24, 2.45) is 0 Å². The molecule has 0 aliphatic carbocycles. The Morgan fingerprint density at radius 1 is 1.12 bits per heavy atom. The number of benzene rings is 1. The van der Waals surface area contributed by atoms with Gasteiger partial charge in [-0.15, -0.1) is 0 Å². The first kappa shape index (κ1) is 19.4. The van der Waals surface area contributed by atoms with Crippen LogP contribution in [0.1, 0.15) is 42.4 Å². The number of fused-ring (bicyclic) bond motifs is 1. The fraction of sp³-hybridized carbons (Fsp3) is 0.368. The number of rotatable bonds is 3. The van der Waals surface area contributed by atoms with Crippen LogP contribution in [0.15, 0.2) is 24.3 Å². The van der Waals surface area contributed by atoms with Crippen LogP contribution in [0.5, 0.6) is 0 Å². The summed E-state index contributed by atoms with van der Waals surface area (Å²) in [5.41, 5.74) is 1.90. The van der Waals surface area contributed by atoms with Gasteiger partial charge < -0.3 is 10.1 Å². The third-order valence-electron chi connectivity index (χ3n) is 3.61. The minimum absolute atomic E-state index is 0.329. The Kier molecular flexibility index (Phi) is 5.59. The molecule has 7 nitrogen and oxygen atoms in total. The van der Waals surface area contributed by atoms with Crippen LogP contribution in [0.25, 0.3) is 10.9 Å². The number of pyridine rings is 1. The highest BCUT2D eigenvalue weighted by atomic mass is 16.5. The average Bonchev–Trinajstić information content (AvgIpc) is 2.51. The van der Waals surface area contributed by atoms with Gasteiger partial charge in [0.05, 0.1) is 16.8 Å². The lowest BCUT2D eigenvalue weighted by atomic mass is 10.0. The molecular formula is C19H23N3O4. The summed E-state index contributed by atoms with van der Waals surface area (Å²) in [6.07, 6.45) is 0. The average molecular weight is 357 g/mol. The topological polar surface area (TPSA) is 97.4 Å². The second-order valence-electron chi connectivity index (χ2n) is 7.04. The molecule has 2 N–H and O–H groups in total. The van der Waals surface area contributed by atoms with Gasteiger partial charge in [-0.2, -0.15) is 0 Å². The molecule has 0 radical (unpaired) electrons. The Labute approximate surface area is 152 Å². The molecule has 1 aromatic carbocycles. The molecule has 0 saturated carbocycles. The lowest BCUT2D eigenvalue weighted by Crippen LogP contribution is -2.49. The number of imide groups is 1. The number of aromatic nitrogens is 1. The molecule has 0 fully saturated rings. The quantitative estimate of drug-likeness (QED) is 0.823. The second kappa shape index (κ2) is 7.51. The Morgan fingerprint density at radius 2 is 1.77 bits per heavy atom. The zero-order chi connectivity index (χ0) is 19.5. The van der Waals surface area contributed by atoms with Gasteiger partial charge >= 0.3 is 12.0 Å². The highest BCUT2D eigenvalue weighted by Crippen LogP contribution is 2.23. The van der Waals surface area contributed by atoms with E-state index in [0.29, 0.717) is 11.3 Å². The monoisotopic (exact) mass is 357 g/mol. The van der Waals surface area contributed by atoms with E-state index in [1.165, 1.54) is 0 Å². The molecule has 0 atom stereocenters. The Bertz CT molecular complexity index is 869. The van der Waals surface area contributed by atoms with Gasteiger partial charge in [0, 0.05) is 10.9 Å². The van der Waals surface area contributed by atoms with E-state index < -0.39 is 30.1 Å². The molecule has 7 heteroatoms. The molecule has 26 heavy (non-hydrogen) atoms. The van der Waals surface area contributed by atoms with Gasteiger partial charge in [0.25, 0.3) is 5.91 Å². The summed E-state index contributed by atoms with van der Waals surface area (Å²) in [6, 6.07) is 6.84. The van der Waals surface area contributed by atoms with Crippen molar-refractivity contribution in [3.63, 3.8) is 0 Å². The molecular weight excluding hydrogens is 334 g/mol. The first-order valence-electron chi connectivity index (χ1n) is 8.23. The van der Waals surface area contributed by atoms with E-state index in [0.717, 1.165) is 16.5 Å². The van der Waals surface area contributed by atoms with Crippen LogP contribution in [-0.4, -0.2) is 35.0 Å². The standard InChI is InChI=1S/C19H23N3O4/c1-11-13-8-6-7-9-14(13)20-12(2)16(11)17(24)26-10-15(23)21-18(25)22-19(3,4)5/h6-9H,10H2,1-5H3,(H2,21,22,23,25). The maximum Gasteiger partial charge on any atom is 0.340 e. The molecule has 0 aliphatic rings. The van der Waals surface area contributed by atoms with Crippen LogP contribution >= 0.6 is 0 Å². The molecule has 0 spiro atoms. The van der Waals surface area contributed by atoms with Crippen molar-refractivity contribution in [3.05, 3.63) is 41.1 Å². The van der Waals surface area contributed by atoms with Gasteiger partial charge in [0.1, 0.15) is 0 Å². The number of carbonyl (C=O) groups is 3. The van der Waals surface area contributed by atoms with E-state index in [-0.39, 0.29) is 0 Å². The van der Waals surface area contributed by atoms with Crippen LogP contribution in [0.4, 0.5) is 4.79 Å². The molecule has 1 heterocycles. The summed E-state index contributed by atoms with van der Waals surface area (Å²) in [5.74, 6) is -1.35. The number of carbonyl (C=O) groups excluding carboxylic acids is 3. The Morgan fingerprint density at radius 3 is 2.42 bits per heavy atom. The Balaban J connectivity index is 2.05. The zero-order valence-corrected chi connectivity index (χ0v) is 15.6. The largest absolute Gasteiger partial charge is 0.452 e. The molecule has 2 rings (SSSR count). The van der Waals surface area contributed by atoms with E-state index in [9.17, 15) is 14.4 Å². The van der Waals surface area contributed by atoms with Crippen molar-refractivity contribution in [1.29, 1.82) is 0 Å². The van der Waals surface area contributed by atoms with Crippen LogP contribution in [0.3, 0.4) is 0 Å². The van der Waals surface area contributed by atoms with E-state index >= 15 is 0 Å². The van der Waals surface area contributed by atoms with Crippen LogP contribution in [-0.2, 0) is 9.53 Å². The van der Waals surface area contributed by atoms with Crippen molar-refractivity contribution >= 4 is 28.8 Å². The number of ether oxygens (including phenoxy) is 1. The number of hydrogen-bond donors (Lipinski definition) is 2. The molecule has 138 valence electrons. The molecule has 0 unspecified atom stereocenters. The summed E-state index contributed by atoms with van der Waals surface area (Å²) in [5, 5.41) is 5.55. The highest BCUT2D eigenvalue weighted by Gasteiger charge is 2.20.